The second-order valence-electron chi connectivity index (χ2n) is 4.82. The molecule has 2 heterocycles. The molecule has 0 bridgehead atoms. The van der Waals surface area contributed by atoms with Crippen LogP contribution in [-0.4, -0.2) is 23.1 Å². The molecule has 0 spiro atoms. The average molecular weight is 330 g/mol. The molecule has 2 aromatic heterocycles. The van der Waals surface area contributed by atoms with Gasteiger partial charge in [0.25, 0.3) is 0 Å². The van der Waals surface area contributed by atoms with Gasteiger partial charge in [-0.2, -0.15) is 4.73 Å². The highest BCUT2D eigenvalue weighted by Gasteiger charge is 2.24. The fourth-order valence-electron chi connectivity index (χ4n) is 2.36. The van der Waals surface area contributed by atoms with E-state index in [0.29, 0.717) is 11.1 Å². The Morgan fingerprint density at radius 2 is 2.04 bits per heavy atom. The van der Waals surface area contributed by atoms with Crippen molar-refractivity contribution in [3.8, 4) is 17.1 Å². The second kappa shape index (κ2) is 5.54. The lowest BCUT2D eigenvalue weighted by molar-refractivity contribution is -0.580. The van der Waals surface area contributed by atoms with Gasteiger partial charge in [-0.25, -0.2) is 4.79 Å². The van der Waals surface area contributed by atoms with E-state index in [1.807, 2.05) is 0 Å². The van der Waals surface area contributed by atoms with Crippen LogP contribution in [0.1, 0.15) is 10.5 Å². The van der Waals surface area contributed by atoms with Crippen molar-refractivity contribution in [2.45, 2.75) is 0 Å². The van der Waals surface area contributed by atoms with Gasteiger partial charge >= 0.3 is 17.5 Å². The van der Waals surface area contributed by atoms with E-state index < -0.39 is 22.5 Å². The van der Waals surface area contributed by atoms with Crippen molar-refractivity contribution in [1.29, 1.82) is 0 Å². The standard InChI is InChI=1S/C15H10N2O7/c1-23-8-2-3-9-10(13-4-5-14(24-13)17(21)22)7-12(15(18)19)16(20)11(9)6-8/h2-7H,1H3,(H,18,19). The highest BCUT2D eigenvalue weighted by molar-refractivity contribution is 5.96. The summed E-state index contributed by atoms with van der Waals surface area (Å²) in [5.74, 6) is -1.47. The van der Waals surface area contributed by atoms with Gasteiger partial charge in [0.05, 0.1) is 24.6 Å². The minimum absolute atomic E-state index is 0.0447. The Hall–Kier alpha value is -3.62. The monoisotopic (exact) mass is 330 g/mol. The maximum Gasteiger partial charge on any atom is 0.433 e. The SMILES string of the molecule is COc1ccc2c(-c3ccc([N+](=O)[O-])o3)cc(C(=O)O)[n+]([O-])c2c1. The lowest BCUT2D eigenvalue weighted by Gasteiger charge is -2.09. The quantitative estimate of drug-likeness (QED) is 0.336. The van der Waals surface area contributed by atoms with Crippen molar-refractivity contribution < 1.29 is 28.7 Å². The molecule has 0 saturated heterocycles. The number of aromatic nitrogens is 1. The number of hydrogen-bond acceptors (Lipinski definition) is 6. The first-order valence-electron chi connectivity index (χ1n) is 6.64. The molecule has 0 saturated carbocycles. The number of hydrogen-bond donors (Lipinski definition) is 1. The molecule has 0 fully saturated rings. The molecule has 0 atom stereocenters. The van der Waals surface area contributed by atoms with Gasteiger partial charge in [-0.3, -0.25) is 10.1 Å². The van der Waals surface area contributed by atoms with Crippen LogP contribution in [0.25, 0.3) is 22.2 Å². The molecule has 0 unspecified atom stereocenters. The van der Waals surface area contributed by atoms with Gasteiger partial charge in [0.15, 0.2) is 0 Å². The Morgan fingerprint density at radius 1 is 1.29 bits per heavy atom. The second-order valence-corrected chi connectivity index (χ2v) is 4.82. The molecule has 24 heavy (non-hydrogen) atoms. The molecule has 122 valence electrons. The first-order chi connectivity index (χ1) is 11.4. The van der Waals surface area contributed by atoms with Crippen molar-refractivity contribution in [3.63, 3.8) is 0 Å². The minimum Gasteiger partial charge on any atom is -0.618 e. The molecular formula is C15H10N2O7. The third-order valence-electron chi connectivity index (χ3n) is 3.47. The third kappa shape index (κ3) is 2.37. The number of ether oxygens (including phenoxy) is 1. The van der Waals surface area contributed by atoms with Crippen LogP contribution in [0.3, 0.4) is 0 Å². The number of furan rings is 1. The molecule has 9 heteroatoms. The average Bonchev–Trinajstić information content (AvgIpc) is 3.04. The van der Waals surface area contributed by atoms with Crippen LogP contribution in [0, 0.1) is 15.3 Å². The fourth-order valence-corrected chi connectivity index (χ4v) is 2.36. The molecule has 9 nitrogen and oxygen atoms in total. The number of aromatic carboxylic acids is 1. The van der Waals surface area contributed by atoms with E-state index in [1.165, 1.54) is 19.2 Å². The third-order valence-corrected chi connectivity index (χ3v) is 3.47. The van der Waals surface area contributed by atoms with Crippen molar-refractivity contribution in [1.82, 2.24) is 0 Å². The summed E-state index contributed by atoms with van der Waals surface area (Å²) < 4.78 is 10.4. The number of pyridine rings is 1. The molecule has 0 aliphatic heterocycles. The number of nitrogens with zero attached hydrogens (tertiary/aromatic N) is 2. The first kappa shape index (κ1) is 15.3. The Labute approximate surface area is 134 Å². The molecule has 0 amide bonds. The summed E-state index contributed by atoms with van der Waals surface area (Å²) in [6.45, 7) is 0. The molecule has 3 aromatic rings. The number of carboxylic acid groups (broad SMARTS) is 1. The molecule has 0 aliphatic rings. The van der Waals surface area contributed by atoms with E-state index in [9.17, 15) is 25.2 Å². The van der Waals surface area contributed by atoms with Crippen LogP contribution in [0.15, 0.2) is 40.8 Å². The van der Waals surface area contributed by atoms with Crippen LogP contribution in [0.5, 0.6) is 5.75 Å². The van der Waals surface area contributed by atoms with E-state index in [0.717, 1.165) is 12.1 Å². The predicted molar refractivity (Wildman–Crippen MR) is 80.8 cm³/mol. The minimum atomic E-state index is -1.43. The summed E-state index contributed by atoms with van der Waals surface area (Å²) in [5, 5.41) is 32.6. The van der Waals surface area contributed by atoms with Gasteiger partial charge in [0.1, 0.15) is 16.4 Å². The van der Waals surface area contributed by atoms with E-state index in [-0.39, 0.29) is 21.6 Å². The number of fused-ring (bicyclic) bond motifs is 1. The normalized spacial score (nSPS) is 10.7. The van der Waals surface area contributed by atoms with Gasteiger partial charge in [0, 0.05) is 11.6 Å². The van der Waals surface area contributed by atoms with Gasteiger partial charge in [-0.05, 0) is 18.2 Å². The zero-order valence-corrected chi connectivity index (χ0v) is 12.3. The largest absolute Gasteiger partial charge is 0.618 e. The Balaban J connectivity index is 2.35. The summed E-state index contributed by atoms with van der Waals surface area (Å²) in [4.78, 5) is 21.4. The van der Waals surface area contributed by atoms with Crippen molar-refractivity contribution in [3.05, 3.63) is 57.4 Å². The van der Waals surface area contributed by atoms with E-state index in [2.05, 4.69) is 0 Å². The van der Waals surface area contributed by atoms with Crippen LogP contribution in [-0.2, 0) is 0 Å². The molecule has 0 aliphatic carbocycles. The Kier molecular flexibility index (Phi) is 3.53. The zero-order valence-electron chi connectivity index (χ0n) is 12.3. The highest BCUT2D eigenvalue weighted by Crippen LogP contribution is 2.33. The fraction of sp³-hybridized carbons (Fsp3) is 0.0667. The first-order valence-corrected chi connectivity index (χ1v) is 6.64. The number of carboxylic acids is 1. The summed E-state index contributed by atoms with van der Waals surface area (Å²) in [5.41, 5.74) is -0.238. The van der Waals surface area contributed by atoms with Gasteiger partial charge in [0.2, 0.25) is 5.52 Å². The lowest BCUT2D eigenvalue weighted by atomic mass is 10.0. The van der Waals surface area contributed by atoms with Crippen LogP contribution in [0.2, 0.25) is 0 Å². The summed E-state index contributed by atoms with van der Waals surface area (Å²) in [6, 6.07) is 8.14. The Morgan fingerprint density at radius 3 is 2.62 bits per heavy atom. The molecule has 0 radical (unpaired) electrons. The lowest BCUT2D eigenvalue weighted by Crippen LogP contribution is -2.35. The maximum atomic E-state index is 12.3. The van der Waals surface area contributed by atoms with Gasteiger partial charge in [-0.15, -0.1) is 0 Å². The number of benzene rings is 1. The van der Waals surface area contributed by atoms with E-state index >= 15 is 0 Å². The molecule has 3 rings (SSSR count). The van der Waals surface area contributed by atoms with Crippen molar-refractivity contribution in [2.24, 2.45) is 0 Å². The van der Waals surface area contributed by atoms with Crippen molar-refractivity contribution >= 4 is 22.8 Å². The summed E-state index contributed by atoms with van der Waals surface area (Å²) >= 11 is 0. The number of nitro groups is 1. The summed E-state index contributed by atoms with van der Waals surface area (Å²) in [7, 11) is 1.41. The van der Waals surface area contributed by atoms with Crippen LogP contribution >= 0.6 is 0 Å². The Bertz CT molecular complexity index is 977. The number of carbonyl (C=O) groups is 1. The smallest absolute Gasteiger partial charge is 0.433 e. The number of methoxy groups -OCH3 is 1. The predicted octanol–water partition coefficient (Wildman–Crippen LogP) is 2.35. The van der Waals surface area contributed by atoms with Crippen LogP contribution in [0.4, 0.5) is 5.88 Å². The van der Waals surface area contributed by atoms with E-state index in [4.69, 9.17) is 9.15 Å². The topological polar surface area (TPSA) is 130 Å². The summed E-state index contributed by atoms with van der Waals surface area (Å²) in [6.07, 6.45) is 0. The highest BCUT2D eigenvalue weighted by atomic mass is 16.6. The van der Waals surface area contributed by atoms with Gasteiger partial charge < -0.3 is 19.5 Å². The van der Waals surface area contributed by atoms with E-state index in [1.54, 1.807) is 12.1 Å². The van der Waals surface area contributed by atoms with Crippen LogP contribution < -0.4 is 9.47 Å². The zero-order chi connectivity index (χ0) is 17.4. The molecule has 1 aromatic carbocycles. The molecule has 1 N–H and O–H groups in total. The van der Waals surface area contributed by atoms with Gasteiger partial charge in [-0.1, -0.05) is 0 Å². The van der Waals surface area contributed by atoms with Crippen molar-refractivity contribution in [2.75, 3.05) is 7.11 Å². The number of rotatable bonds is 4. The molecular weight excluding hydrogens is 320 g/mol. The maximum absolute atomic E-state index is 12.3.